The van der Waals surface area contributed by atoms with E-state index in [4.69, 9.17) is 21.1 Å². The van der Waals surface area contributed by atoms with Crippen LogP contribution in [0.4, 0.5) is 5.69 Å². The van der Waals surface area contributed by atoms with Crippen molar-refractivity contribution in [2.45, 2.75) is 26.3 Å². The molecular weight excluding hydrogens is 346 g/mol. The number of halogens is 1. The summed E-state index contributed by atoms with van der Waals surface area (Å²) < 4.78 is 10.4. The fourth-order valence-corrected chi connectivity index (χ4v) is 2.30. The Labute approximate surface area is 153 Å². The smallest absolute Gasteiger partial charge is 0.242 e. The molecule has 0 aliphatic heterocycles. The number of ether oxygens (including phenoxy) is 2. The van der Waals surface area contributed by atoms with Crippen LogP contribution in [-0.4, -0.2) is 56.6 Å². The summed E-state index contributed by atoms with van der Waals surface area (Å²) in [5, 5.41) is 6.21. The molecule has 1 aromatic rings. The maximum absolute atomic E-state index is 12.2. The van der Waals surface area contributed by atoms with Gasteiger partial charge in [-0.25, -0.2) is 0 Å². The van der Waals surface area contributed by atoms with E-state index in [1.807, 2.05) is 20.8 Å². The second kappa shape index (κ2) is 8.80. The van der Waals surface area contributed by atoms with E-state index in [1.165, 1.54) is 19.1 Å². The zero-order valence-electron chi connectivity index (χ0n) is 15.5. The first-order chi connectivity index (χ1) is 11.6. The summed E-state index contributed by atoms with van der Waals surface area (Å²) in [7, 11) is 4.59. The van der Waals surface area contributed by atoms with Gasteiger partial charge in [-0.1, -0.05) is 11.6 Å². The maximum Gasteiger partial charge on any atom is 0.242 e. The Morgan fingerprint density at radius 1 is 1.16 bits per heavy atom. The zero-order chi connectivity index (χ0) is 19.2. The first-order valence-electron chi connectivity index (χ1n) is 7.77. The molecule has 0 aliphatic rings. The molecule has 1 aromatic carbocycles. The van der Waals surface area contributed by atoms with Crippen molar-refractivity contribution < 1.29 is 19.1 Å². The van der Waals surface area contributed by atoms with Gasteiger partial charge in [0.05, 0.1) is 38.0 Å². The predicted molar refractivity (Wildman–Crippen MR) is 98.6 cm³/mol. The summed E-state index contributed by atoms with van der Waals surface area (Å²) in [6.07, 6.45) is 0. The van der Waals surface area contributed by atoms with Gasteiger partial charge in [-0.2, -0.15) is 0 Å². The highest BCUT2D eigenvalue weighted by atomic mass is 35.5. The standard InChI is InChI=1S/C17H26ClN3O4/c1-17(2,3)20-15(22)10-21(4)16(23)9-19-12-8-13(24-5)11(18)7-14(12)25-6/h7-8,19H,9-10H2,1-6H3,(H,20,22). The molecule has 1 rings (SSSR count). The lowest BCUT2D eigenvalue weighted by molar-refractivity contribution is -0.133. The highest BCUT2D eigenvalue weighted by Crippen LogP contribution is 2.35. The number of hydrogen-bond donors (Lipinski definition) is 2. The van der Waals surface area contributed by atoms with Crippen LogP contribution in [0.1, 0.15) is 20.8 Å². The number of anilines is 1. The number of carbonyl (C=O) groups is 2. The molecule has 2 amide bonds. The van der Waals surface area contributed by atoms with Gasteiger partial charge in [-0.05, 0) is 20.8 Å². The summed E-state index contributed by atoms with van der Waals surface area (Å²) >= 11 is 6.05. The van der Waals surface area contributed by atoms with Gasteiger partial charge in [-0.15, -0.1) is 0 Å². The minimum atomic E-state index is -0.341. The van der Waals surface area contributed by atoms with Gasteiger partial charge in [0.15, 0.2) is 0 Å². The fourth-order valence-electron chi connectivity index (χ4n) is 2.07. The Hall–Kier alpha value is -2.15. The average Bonchev–Trinajstić information content (AvgIpc) is 2.50. The lowest BCUT2D eigenvalue weighted by atomic mass is 10.1. The molecule has 0 fully saturated rings. The zero-order valence-corrected chi connectivity index (χ0v) is 16.3. The van der Waals surface area contributed by atoms with Crippen LogP contribution in [0.3, 0.4) is 0 Å². The van der Waals surface area contributed by atoms with Crippen LogP contribution in [0.5, 0.6) is 11.5 Å². The summed E-state index contributed by atoms with van der Waals surface area (Å²) in [5.74, 6) is 0.510. The van der Waals surface area contributed by atoms with Crippen molar-refractivity contribution in [3.63, 3.8) is 0 Å². The number of methoxy groups -OCH3 is 2. The number of likely N-dealkylation sites (N-methyl/N-ethyl adjacent to an activating group) is 1. The summed E-state index contributed by atoms with van der Waals surface area (Å²) in [6.45, 7) is 5.64. The van der Waals surface area contributed by atoms with Crippen molar-refractivity contribution in [3.8, 4) is 11.5 Å². The van der Waals surface area contributed by atoms with Gasteiger partial charge in [0, 0.05) is 24.7 Å². The van der Waals surface area contributed by atoms with Crippen molar-refractivity contribution in [2.75, 3.05) is 39.7 Å². The van der Waals surface area contributed by atoms with E-state index < -0.39 is 0 Å². The molecule has 0 unspecified atom stereocenters. The monoisotopic (exact) mass is 371 g/mol. The van der Waals surface area contributed by atoms with Crippen LogP contribution in [-0.2, 0) is 9.59 Å². The summed E-state index contributed by atoms with van der Waals surface area (Å²) in [6, 6.07) is 3.26. The van der Waals surface area contributed by atoms with Gasteiger partial charge in [0.1, 0.15) is 11.5 Å². The SMILES string of the molecule is COc1cc(NCC(=O)N(C)CC(=O)NC(C)(C)C)c(OC)cc1Cl. The summed E-state index contributed by atoms with van der Waals surface area (Å²) in [4.78, 5) is 25.5. The van der Waals surface area contributed by atoms with Crippen LogP contribution in [0.2, 0.25) is 5.02 Å². The van der Waals surface area contributed by atoms with E-state index >= 15 is 0 Å². The Morgan fingerprint density at radius 2 is 1.76 bits per heavy atom. The molecule has 7 nitrogen and oxygen atoms in total. The molecule has 8 heteroatoms. The molecule has 0 spiro atoms. The molecule has 0 heterocycles. The fraction of sp³-hybridized carbons (Fsp3) is 0.529. The number of rotatable bonds is 7. The van der Waals surface area contributed by atoms with Crippen molar-refractivity contribution in [1.82, 2.24) is 10.2 Å². The van der Waals surface area contributed by atoms with Crippen molar-refractivity contribution in [1.29, 1.82) is 0 Å². The number of amides is 2. The Balaban J connectivity index is 2.68. The molecule has 25 heavy (non-hydrogen) atoms. The minimum Gasteiger partial charge on any atom is -0.495 e. The van der Waals surface area contributed by atoms with E-state index in [-0.39, 0.29) is 30.4 Å². The lowest BCUT2D eigenvalue weighted by Crippen LogP contribution is -2.47. The third-order valence-corrected chi connectivity index (χ3v) is 3.52. The molecule has 2 N–H and O–H groups in total. The van der Waals surface area contributed by atoms with E-state index in [9.17, 15) is 9.59 Å². The van der Waals surface area contributed by atoms with Gasteiger partial charge in [-0.3, -0.25) is 9.59 Å². The van der Waals surface area contributed by atoms with Crippen molar-refractivity contribution in [3.05, 3.63) is 17.2 Å². The van der Waals surface area contributed by atoms with Crippen LogP contribution < -0.4 is 20.1 Å². The summed E-state index contributed by atoms with van der Waals surface area (Å²) in [5.41, 5.74) is 0.233. The number of hydrogen-bond acceptors (Lipinski definition) is 5. The average molecular weight is 372 g/mol. The topological polar surface area (TPSA) is 79.9 Å². The van der Waals surface area contributed by atoms with E-state index in [0.717, 1.165) is 0 Å². The van der Waals surface area contributed by atoms with Crippen molar-refractivity contribution in [2.24, 2.45) is 0 Å². The second-order valence-corrected chi connectivity index (χ2v) is 7.00. The first kappa shape index (κ1) is 20.9. The van der Waals surface area contributed by atoms with Crippen LogP contribution >= 0.6 is 11.6 Å². The van der Waals surface area contributed by atoms with Crippen LogP contribution in [0, 0.1) is 0 Å². The molecule has 0 aromatic heterocycles. The number of benzene rings is 1. The third-order valence-electron chi connectivity index (χ3n) is 3.22. The van der Waals surface area contributed by atoms with E-state index in [0.29, 0.717) is 22.2 Å². The first-order valence-corrected chi connectivity index (χ1v) is 8.15. The molecule has 0 atom stereocenters. The van der Waals surface area contributed by atoms with Crippen molar-refractivity contribution >= 4 is 29.1 Å². The number of carbonyl (C=O) groups excluding carboxylic acids is 2. The van der Waals surface area contributed by atoms with Gasteiger partial charge in [0.25, 0.3) is 0 Å². The molecule has 0 radical (unpaired) electrons. The van der Waals surface area contributed by atoms with Gasteiger partial charge < -0.3 is 25.0 Å². The Kier molecular flexibility index (Phi) is 7.36. The molecule has 0 bridgehead atoms. The Bertz CT molecular complexity index is 629. The normalized spacial score (nSPS) is 10.8. The number of nitrogens with zero attached hydrogens (tertiary/aromatic N) is 1. The Morgan fingerprint density at radius 3 is 2.28 bits per heavy atom. The largest absolute Gasteiger partial charge is 0.495 e. The molecule has 0 saturated heterocycles. The highest BCUT2D eigenvalue weighted by Gasteiger charge is 2.18. The molecular formula is C17H26ClN3O4. The molecule has 140 valence electrons. The molecule has 0 aliphatic carbocycles. The molecule has 0 saturated carbocycles. The predicted octanol–water partition coefficient (Wildman–Crippen LogP) is 2.14. The third kappa shape index (κ3) is 6.70. The minimum absolute atomic E-state index is 0.000441. The highest BCUT2D eigenvalue weighted by molar-refractivity contribution is 6.32. The quantitative estimate of drug-likeness (QED) is 0.767. The van der Waals surface area contributed by atoms with Gasteiger partial charge in [0.2, 0.25) is 11.8 Å². The van der Waals surface area contributed by atoms with Crippen LogP contribution in [0.15, 0.2) is 12.1 Å². The van der Waals surface area contributed by atoms with E-state index in [1.54, 1.807) is 19.2 Å². The van der Waals surface area contributed by atoms with E-state index in [2.05, 4.69) is 10.6 Å². The number of nitrogens with one attached hydrogen (secondary N) is 2. The van der Waals surface area contributed by atoms with Gasteiger partial charge >= 0.3 is 0 Å². The lowest BCUT2D eigenvalue weighted by Gasteiger charge is -2.23. The van der Waals surface area contributed by atoms with Crippen LogP contribution in [0.25, 0.3) is 0 Å². The second-order valence-electron chi connectivity index (χ2n) is 6.59. The maximum atomic E-state index is 12.2.